The lowest BCUT2D eigenvalue weighted by molar-refractivity contribution is -0.0108. The van der Waals surface area contributed by atoms with Crippen molar-refractivity contribution < 1.29 is 19.1 Å². The highest BCUT2D eigenvalue weighted by molar-refractivity contribution is 9.10. The number of carbonyl (C=O) groups excluding carboxylic acids is 1. The van der Waals surface area contributed by atoms with Crippen molar-refractivity contribution in [3.8, 4) is 0 Å². The van der Waals surface area contributed by atoms with Crippen LogP contribution in [0, 0.1) is 0 Å². The molecule has 0 radical (unpaired) electrons. The van der Waals surface area contributed by atoms with Gasteiger partial charge in [-0.2, -0.15) is 0 Å². The second-order valence-electron chi connectivity index (χ2n) is 11.7. The average molecular weight is 595 g/mol. The zero-order valence-electron chi connectivity index (χ0n) is 22.8. The molecule has 5 atom stereocenters. The van der Waals surface area contributed by atoms with Crippen LogP contribution in [-0.2, 0) is 15.8 Å². The molecule has 3 rings (SSSR count). The molecule has 7 nitrogen and oxygen atoms in total. The Morgan fingerprint density at radius 2 is 2.00 bits per heavy atom. The normalized spacial score (nSPS) is 27.2. The minimum atomic E-state index is -2.10. The van der Waals surface area contributed by atoms with Crippen molar-refractivity contribution in [3.05, 3.63) is 60.2 Å². The van der Waals surface area contributed by atoms with Crippen LogP contribution in [0.25, 0.3) is 0 Å². The Morgan fingerprint density at radius 1 is 1.30 bits per heavy atom. The molecule has 37 heavy (non-hydrogen) atoms. The molecule has 3 unspecified atom stereocenters. The molecule has 1 aliphatic heterocycles. The second kappa shape index (κ2) is 12.6. The Kier molecular flexibility index (Phi) is 10.2. The molecular formula is C28H44BrN3O4Si. The van der Waals surface area contributed by atoms with Gasteiger partial charge >= 0.3 is 6.09 Å². The van der Waals surface area contributed by atoms with Crippen molar-refractivity contribution in [2.24, 2.45) is 5.73 Å². The largest absolute Gasteiger partial charge is 0.445 e. The molecule has 1 aromatic rings. The lowest BCUT2D eigenvalue weighted by Crippen LogP contribution is -2.58. The van der Waals surface area contributed by atoms with Crippen LogP contribution in [-0.4, -0.2) is 66.2 Å². The van der Waals surface area contributed by atoms with Crippen LogP contribution in [0.15, 0.2) is 54.6 Å². The number of alkyl halides is 1. The van der Waals surface area contributed by atoms with Crippen molar-refractivity contribution in [1.29, 1.82) is 0 Å². The van der Waals surface area contributed by atoms with Crippen molar-refractivity contribution in [1.82, 2.24) is 10.2 Å². The van der Waals surface area contributed by atoms with E-state index in [4.69, 9.17) is 14.9 Å². The number of nitrogens with two attached hydrogens (primary N) is 1. The molecule has 0 aromatic heterocycles. The first-order valence-corrected chi connectivity index (χ1v) is 16.9. The Balaban J connectivity index is 1.72. The fraction of sp³-hybridized carbons (Fsp3) is 0.607. The fourth-order valence-corrected chi connectivity index (χ4v) is 6.35. The number of hydrogen-bond donors (Lipinski definition) is 3. The van der Waals surface area contributed by atoms with Gasteiger partial charge in [-0.15, -0.1) is 0 Å². The molecular weight excluding hydrogens is 550 g/mol. The van der Waals surface area contributed by atoms with Crippen molar-refractivity contribution in [3.63, 3.8) is 0 Å². The summed E-state index contributed by atoms with van der Waals surface area (Å²) in [6, 6.07) is 9.24. The zero-order chi connectivity index (χ0) is 27.3. The highest BCUT2D eigenvalue weighted by Gasteiger charge is 2.44. The van der Waals surface area contributed by atoms with Gasteiger partial charge in [0.25, 0.3) is 0 Å². The van der Waals surface area contributed by atoms with E-state index in [0.717, 1.165) is 18.4 Å². The van der Waals surface area contributed by atoms with E-state index in [1.807, 2.05) is 54.6 Å². The van der Waals surface area contributed by atoms with Crippen LogP contribution in [0.2, 0.25) is 18.1 Å². The van der Waals surface area contributed by atoms with Gasteiger partial charge in [-0.05, 0) is 43.0 Å². The summed E-state index contributed by atoms with van der Waals surface area (Å²) in [6.07, 6.45) is 8.55. The van der Waals surface area contributed by atoms with Crippen LogP contribution in [0.4, 0.5) is 4.79 Å². The maximum atomic E-state index is 13.3. The van der Waals surface area contributed by atoms with E-state index in [0.29, 0.717) is 19.5 Å². The van der Waals surface area contributed by atoms with Gasteiger partial charge in [-0.1, -0.05) is 91.3 Å². The summed E-state index contributed by atoms with van der Waals surface area (Å²) in [5, 5.41) is 14.5. The summed E-state index contributed by atoms with van der Waals surface area (Å²) in [5.41, 5.74) is 7.26. The molecule has 0 saturated carbocycles. The number of hydrogen-bond acceptors (Lipinski definition) is 6. The van der Waals surface area contributed by atoms with Gasteiger partial charge in [-0.25, -0.2) is 4.79 Å². The Morgan fingerprint density at radius 3 is 2.65 bits per heavy atom. The molecule has 206 valence electrons. The molecule has 2 aliphatic rings. The molecule has 1 amide bonds. The third-order valence-corrected chi connectivity index (χ3v) is 13.0. The maximum Gasteiger partial charge on any atom is 0.410 e. The molecule has 4 N–H and O–H groups in total. The van der Waals surface area contributed by atoms with Gasteiger partial charge < -0.3 is 30.2 Å². The SMILES string of the molecule is CC(C)(C)[Si](C)(C)O[C@H]1CCCN(C(=O)OCc2ccccc2)[C@@H]1CC(O)CNC1C=CC=CC1(N)Br. The lowest BCUT2D eigenvalue weighted by atomic mass is 9.94. The van der Waals surface area contributed by atoms with Gasteiger partial charge in [0.2, 0.25) is 0 Å². The maximum absolute atomic E-state index is 13.3. The predicted octanol–water partition coefficient (Wildman–Crippen LogP) is 5.06. The number of aliphatic hydroxyl groups is 1. The van der Waals surface area contributed by atoms with E-state index in [9.17, 15) is 9.90 Å². The first-order valence-electron chi connectivity index (χ1n) is 13.2. The molecule has 0 bridgehead atoms. The average Bonchev–Trinajstić information content (AvgIpc) is 2.82. The predicted molar refractivity (Wildman–Crippen MR) is 155 cm³/mol. The Labute approximate surface area is 231 Å². The second-order valence-corrected chi connectivity index (χ2v) is 17.8. The molecule has 1 saturated heterocycles. The Hall–Kier alpha value is -1.49. The summed E-state index contributed by atoms with van der Waals surface area (Å²) >= 11 is 3.54. The molecule has 1 aromatic carbocycles. The van der Waals surface area contributed by atoms with E-state index >= 15 is 0 Å². The summed E-state index contributed by atoms with van der Waals surface area (Å²) in [4.78, 5) is 15.1. The standard InChI is InChI=1S/C28H44BrN3O4Si/c1-27(2,3)37(4,5)36-24-14-11-17-32(26(34)35-20-21-12-7-6-8-13-21)23(24)18-22(33)19-31-25-15-9-10-16-28(25,29)30/h6-10,12-13,15-16,22-25,31,33H,11,14,17-20,30H2,1-5H3/t22?,23-,24+,25?,28?/m1/s1. The number of nitrogens with one attached hydrogen (secondary N) is 1. The number of halogens is 1. The highest BCUT2D eigenvalue weighted by Crippen LogP contribution is 2.39. The summed E-state index contributed by atoms with van der Waals surface area (Å²) in [5.74, 6) is 0. The van der Waals surface area contributed by atoms with Crippen LogP contribution in [0.1, 0.15) is 45.6 Å². The first kappa shape index (κ1) is 30.1. The third kappa shape index (κ3) is 8.24. The third-order valence-electron chi connectivity index (χ3n) is 7.74. The van der Waals surface area contributed by atoms with Crippen molar-refractivity contribution in [2.45, 2.75) is 93.5 Å². The molecule has 0 spiro atoms. The minimum absolute atomic E-state index is 0.0367. The number of amides is 1. The molecule has 1 heterocycles. The first-order chi connectivity index (χ1) is 17.3. The van der Waals surface area contributed by atoms with Gasteiger partial charge in [0, 0.05) is 13.1 Å². The Bertz CT molecular complexity index is 948. The number of benzene rings is 1. The van der Waals surface area contributed by atoms with E-state index < -0.39 is 18.9 Å². The van der Waals surface area contributed by atoms with Crippen LogP contribution in [0.5, 0.6) is 0 Å². The monoisotopic (exact) mass is 593 g/mol. The van der Waals surface area contributed by atoms with Gasteiger partial charge in [-0.3, -0.25) is 0 Å². The molecule has 1 fully saturated rings. The highest BCUT2D eigenvalue weighted by atomic mass is 79.9. The van der Waals surface area contributed by atoms with Crippen molar-refractivity contribution in [2.75, 3.05) is 13.1 Å². The number of carbonyl (C=O) groups is 1. The van der Waals surface area contributed by atoms with Crippen LogP contribution < -0.4 is 11.1 Å². The number of allylic oxidation sites excluding steroid dienone is 2. The number of ether oxygens (including phenoxy) is 1. The van der Waals surface area contributed by atoms with E-state index in [1.54, 1.807) is 4.90 Å². The number of likely N-dealkylation sites (tertiary alicyclic amines) is 1. The number of rotatable bonds is 9. The summed E-state index contributed by atoms with van der Waals surface area (Å²) in [6.45, 7) is 12.2. The molecule has 1 aliphatic carbocycles. The quantitative estimate of drug-likeness (QED) is 0.210. The lowest BCUT2D eigenvalue weighted by Gasteiger charge is -2.47. The summed E-state index contributed by atoms with van der Waals surface area (Å²) in [7, 11) is -2.10. The van der Waals surface area contributed by atoms with Crippen molar-refractivity contribution >= 4 is 30.3 Å². The molecule has 9 heteroatoms. The number of piperidine rings is 1. The van der Waals surface area contributed by atoms with E-state index in [2.05, 4.69) is 55.1 Å². The zero-order valence-corrected chi connectivity index (χ0v) is 25.4. The van der Waals surface area contributed by atoms with Crippen LogP contribution >= 0.6 is 15.9 Å². The number of aliphatic hydroxyl groups excluding tert-OH is 1. The summed E-state index contributed by atoms with van der Waals surface area (Å²) < 4.78 is 11.8. The van der Waals surface area contributed by atoms with Gasteiger partial charge in [0.15, 0.2) is 8.32 Å². The van der Waals surface area contributed by atoms with E-state index in [-0.39, 0.29) is 35.9 Å². The fourth-order valence-electron chi connectivity index (χ4n) is 4.50. The number of nitrogens with zero attached hydrogens (tertiary/aromatic N) is 1. The van der Waals surface area contributed by atoms with Gasteiger partial charge in [0.05, 0.1) is 24.3 Å². The smallest absolute Gasteiger partial charge is 0.410 e. The van der Waals surface area contributed by atoms with Crippen LogP contribution in [0.3, 0.4) is 0 Å². The minimum Gasteiger partial charge on any atom is -0.445 e. The van der Waals surface area contributed by atoms with Gasteiger partial charge in [0.1, 0.15) is 11.1 Å². The topological polar surface area (TPSA) is 97.0 Å². The van der Waals surface area contributed by atoms with E-state index in [1.165, 1.54) is 0 Å².